The van der Waals surface area contributed by atoms with E-state index in [0.29, 0.717) is 5.25 Å². The predicted molar refractivity (Wildman–Crippen MR) is 60.3 cm³/mol. The summed E-state index contributed by atoms with van der Waals surface area (Å²) in [6.45, 7) is 2.13. The minimum absolute atomic E-state index is 0.0113. The minimum atomic E-state index is -0.514. The van der Waals surface area contributed by atoms with Crippen molar-refractivity contribution in [2.75, 3.05) is 11.1 Å². The van der Waals surface area contributed by atoms with E-state index in [4.69, 9.17) is 0 Å². The summed E-state index contributed by atoms with van der Waals surface area (Å²) in [6, 6.07) is 4.10. The number of benzene rings is 1. The van der Waals surface area contributed by atoms with Crippen molar-refractivity contribution in [3.05, 3.63) is 29.8 Å². The highest BCUT2D eigenvalue weighted by atomic mass is 32.2. The molecule has 0 bridgehead atoms. The second-order valence-electron chi connectivity index (χ2n) is 3.82. The summed E-state index contributed by atoms with van der Waals surface area (Å²) < 4.78 is 26.6. The van der Waals surface area contributed by atoms with Crippen molar-refractivity contribution in [2.45, 2.75) is 24.6 Å². The molecule has 0 saturated carbocycles. The van der Waals surface area contributed by atoms with Gasteiger partial charge in [-0.05, 0) is 18.6 Å². The van der Waals surface area contributed by atoms with E-state index in [1.807, 2.05) is 11.8 Å². The van der Waals surface area contributed by atoms with E-state index in [0.717, 1.165) is 12.2 Å². The summed E-state index contributed by atoms with van der Waals surface area (Å²) in [4.78, 5) is 0. The maximum Gasteiger partial charge on any atom is 0.149 e. The quantitative estimate of drug-likeness (QED) is 0.835. The molecule has 2 atom stereocenters. The zero-order chi connectivity index (χ0) is 10.8. The molecule has 1 aromatic rings. The van der Waals surface area contributed by atoms with Gasteiger partial charge in [0.2, 0.25) is 0 Å². The van der Waals surface area contributed by atoms with Crippen molar-refractivity contribution >= 4 is 17.4 Å². The Morgan fingerprint density at radius 2 is 2.00 bits per heavy atom. The van der Waals surface area contributed by atoms with Crippen LogP contribution in [-0.2, 0) is 0 Å². The summed E-state index contributed by atoms with van der Waals surface area (Å²) in [5.74, 6) is -0.117. The van der Waals surface area contributed by atoms with Crippen molar-refractivity contribution in [3.63, 3.8) is 0 Å². The minimum Gasteiger partial charge on any atom is -0.377 e. The lowest BCUT2D eigenvalue weighted by Gasteiger charge is -2.14. The molecule has 1 aliphatic heterocycles. The van der Waals surface area contributed by atoms with Gasteiger partial charge in [-0.1, -0.05) is 13.0 Å². The molecule has 1 N–H and O–H groups in total. The average Bonchev–Trinajstić information content (AvgIpc) is 2.58. The van der Waals surface area contributed by atoms with Gasteiger partial charge in [-0.2, -0.15) is 11.8 Å². The molecular formula is C11H13F2NS. The molecule has 1 aliphatic rings. The molecule has 15 heavy (non-hydrogen) atoms. The van der Waals surface area contributed by atoms with E-state index in [1.54, 1.807) is 0 Å². The van der Waals surface area contributed by atoms with E-state index >= 15 is 0 Å². The second-order valence-corrected chi connectivity index (χ2v) is 5.29. The number of hydrogen-bond acceptors (Lipinski definition) is 2. The first kappa shape index (κ1) is 10.7. The Morgan fingerprint density at radius 1 is 1.33 bits per heavy atom. The molecule has 2 rings (SSSR count). The van der Waals surface area contributed by atoms with Crippen LogP contribution in [0.4, 0.5) is 14.5 Å². The van der Waals surface area contributed by atoms with Gasteiger partial charge in [0, 0.05) is 17.0 Å². The zero-order valence-electron chi connectivity index (χ0n) is 8.47. The number of rotatable bonds is 2. The number of halogens is 2. The molecule has 4 heteroatoms. The summed E-state index contributed by atoms with van der Waals surface area (Å²) in [5.41, 5.74) is 0.0113. The highest BCUT2D eigenvalue weighted by Gasteiger charge is 2.23. The normalized spacial score (nSPS) is 25.5. The van der Waals surface area contributed by atoms with Gasteiger partial charge in [0.15, 0.2) is 0 Å². The highest BCUT2D eigenvalue weighted by Crippen LogP contribution is 2.29. The molecule has 0 aromatic heterocycles. The molecule has 0 amide bonds. The van der Waals surface area contributed by atoms with Crippen molar-refractivity contribution in [1.82, 2.24) is 0 Å². The van der Waals surface area contributed by atoms with Crippen LogP contribution in [0.15, 0.2) is 18.2 Å². The lowest BCUT2D eigenvalue weighted by molar-refractivity contribution is 0.582. The molecule has 2 unspecified atom stereocenters. The standard InChI is InChI=1S/C11H13F2NS/c1-7-5-8(6-15-7)14-11-9(12)3-2-4-10(11)13/h2-4,7-8,14H,5-6H2,1H3. The van der Waals surface area contributed by atoms with Gasteiger partial charge in [0.25, 0.3) is 0 Å². The third-order valence-corrected chi connectivity index (χ3v) is 3.87. The molecular weight excluding hydrogens is 216 g/mol. The van der Waals surface area contributed by atoms with Crippen LogP contribution in [0.2, 0.25) is 0 Å². The fraction of sp³-hybridized carbons (Fsp3) is 0.455. The fourth-order valence-corrected chi connectivity index (χ4v) is 2.91. The molecule has 0 radical (unpaired) electrons. The van der Waals surface area contributed by atoms with E-state index in [1.165, 1.54) is 18.2 Å². The maximum absolute atomic E-state index is 13.3. The fourth-order valence-electron chi connectivity index (χ4n) is 1.76. The number of nitrogens with one attached hydrogen (secondary N) is 1. The van der Waals surface area contributed by atoms with Gasteiger partial charge in [0.1, 0.15) is 17.3 Å². The first-order valence-electron chi connectivity index (χ1n) is 4.99. The zero-order valence-corrected chi connectivity index (χ0v) is 9.28. The van der Waals surface area contributed by atoms with Gasteiger partial charge < -0.3 is 5.32 Å². The number of thioether (sulfide) groups is 1. The smallest absolute Gasteiger partial charge is 0.149 e. The maximum atomic E-state index is 13.3. The Bertz CT molecular complexity index is 336. The Morgan fingerprint density at radius 3 is 2.53 bits per heavy atom. The van der Waals surface area contributed by atoms with Crippen LogP contribution in [0, 0.1) is 11.6 Å². The first-order valence-corrected chi connectivity index (χ1v) is 6.04. The van der Waals surface area contributed by atoms with Gasteiger partial charge in [-0.15, -0.1) is 0 Å². The monoisotopic (exact) mass is 229 g/mol. The topological polar surface area (TPSA) is 12.0 Å². The van der Waals surface area contributed by atoms with E-state index in [9.17, 15) is 8.78 Å². The lowest BCUT2D eigenvalue weighted by Crippen LogP contribution is -2.20. The van der Waals surface area contributed by atoms with Crippen molar-refractivity contribution < 1.29 is 8.78 Å². The van der Waals surface area contributed by atoms with E-state index < -0.39 is 11.6 Å². The summed E-state index contributed by atoms with van der Waals surface area (Å²) in [7, 11) is 0. The molecule has 1 fully saturated rings. The summed E-state index contributed by atoms with van der Waals surface area (Å²) in [6.07, 6.45) is 0.957. The SMILES string of the molecule is CC1CC(Nc2c(F)cccc2F)CS1. The van der Waals surface area contributed by atoms with E-state index in [-0.39, 0.29) is 11.7 Å². The lowest BCUT2D eigenvalue weighted by atomic mass is 10.2. The van der Waals surface area contributed by atoms with Crippen LogP contribution in [0.3, 0.4) is 0 Å². The predicted octanol–water partition coefficient (Wildman–Crippen LogP) is 3.27. The Kier molecular flexibility index (Phi) is 3.14. The Labute approximate surface area is 92.3 Å². The second kappa shape index (κ2) is 4.39. The van der Waals surface area contributed by atoms with E-state index in [2.05, 4.69) is 12.2 Å². The summed E-state index contributed by atoms with van der Waals surface area (Å²) >= 11 is 1.83. The Hall–Kier alpha value is -0.770. The van der Waals surface area contributed by atoms with Gasteiger partial charge in [-0.25, -0.2) is 8.78 Å². The van der Waals surface area contributed by atoms with Crippen LogP contribution in [-0.4, -0.2) is 17.0 Å². The summed E-state index contributed by atoms with van der Waals surface area (Å²) in [5, 5.41) is 3.50. The van der Waals surface area contributed by atoms with Gasteiger partial charge in [-0.3, -0.25) is 0 Å². The third-order valence-electron chi connectivity index (χ3n) is 2.51. The molecule has 82 valence electrons. The molecule has 1 nitrogen and oxygen atoms in total. The molecule has 1 heterocycles. The molecule has 0 spiro atoms. The number of hydrogen-bond donors (Lipinski definition) is 1. The molecule has 1 aromatic carbocycles. The van der Waals surface area contributed by atoms with Crippen molar-refractivity contribution in [2.24, 2.45) is 0 Å². The number of anilines is 1. The van der Waals surface area contributed by atoms with Crippen LogP contribution in [0.25, 0.3) is 0 Å². The van der Waals surface area contributed by atoms with Crippen molar-refractivity contribution in [1.29, 1.82) is 0 Å². The van der Waals surface area contributed by atoms with Crippen LogP contribution in [0.1, 0.15) is 13.3 Å². The van der Waals surface area contributed by atoms with Crippen LogP contribution >= 0.6 is 11.8 Å². The van der Waals surface area contributed by atoms with Gasteiger partial charge in [0.05, 0.1) is 0 Å². The van der Waals surface area contributed by atoms with Crippen molar-refractivity contribution in [3.8, 4) is 0 Å². The molecule has 1 saturated heterocycles. The van der Waals surface area contributed by atoms with Gasteiger partial charge >= 0.3 is 0 Å². The largest absolute Gasteiger partial charge is 0.377 e. The average molecular weight is 229 g/mol. The van der Waals surface area contributed by atoms with Crippen LogP contribution < -0.4 is 5.32 Å². The Balaban J connectivity index is 2.10. The first-order chi connectivity index (χ1) is 7.16. The molecule has 0 aliphatic carbocycles. The third kappa shape index (κ3) is 2.43. The highest BCUT2D eigenvalue weighted by molar-refractivity contribution is 8.00. The van der Waals surface area contributed by atoms with Crippen LogP contribution in [0.5, 0.6) is 0 Å². The number of para-hydroxylation sites is 1.